The van der Waals surface area contributed by atoms with E-state index in [0.29, 0.717) is 17.5 Å². The van der Waals surface area contributed by atoms with Crippen molar-refractivity contribution >= 4 is 27.7 Å². The summed E-state index contributed by atoms with van der Waals surface area (Å²) < 4.78 is 6.54. The highest BCUT2D eigenvalue weighted by molar-refractivity contribution is 9.10. The van der Waals surface area contributed by atoms with Gasteiger partial charge in [-0.25, -0.2) is 4.98 Å². The third kappa shape index (κ3) is 5.65. The van der Waals surface area contributed by atoms with Gasteiger partial charge < -0.3 is 9.72 Å². The molecule has 0 unspecified atom stereocenters. The van der Waals surface area contributed by atoms with Crippen LogP contribution in [-0.2, 0) is 17.1 Å². The Bertz CT molecular complexity index is 641. The van der Waals surface area contributed by atoms with Crippen LogP contribution in [0.15, 0.2) is 44.8 Å². The molecule has 0 aliphatic heterocycles. The van der Waals surface area contributed by atoms with Gasteiger partial charge in [0.1, 0.15) is 0 Å². The zero-order chi connectivity index (χ0) is 15.2. The Morgan fingerprint density at radius 1 is 1.33 bits per heavy atom. The van der Waals surface area contributed by atoms with Crippen molar-refractivity contribution < 1.29 is 4.74 Å². The molecular weight excluding hydrogens is 352 g/mol. The first-order chi connectivity index (χ1) is 10.0. The fourth-order valence-corrected chi connectivity index (χ4v) is 2.72. The second kappa shape index (κ2) is 7.77. The molecule has 0 bridgehead atoms. The molecule has 21 heavy (non-hydrogen) atoms. The van der Waals surface area contributed by atoms with Crippen molar-refractivity contribution in [3.05, 3.63) is 56.4 Å². The van der Waals surface area contributed by atoms with Gasteiger partial charge >= 0.3 is 0 Å². The van der Waals surface area contributed by atoms with Crippen LogP contribution in [0.3, 0.4) is 0 Å². The molecule has 0 saturated heterocycles. The van der Waals surface area contributed by atoms with Crippen LogP contribution in [0.4, 0.5) is 0 Å². The molecule has 0 spiro atoms. The van der Waals surface area contributed by atoms with Gasteiger partial charge in [-0.05, 0) is 31.5 Å². The van der Waals surface area contributed by atoms with Gasteiger partial charge in [0.25, 0.3) is 5.56 Å². The third-order valence-electron chi connectivity index (χ3n) is 2.63. The van der Waals surface area contributed by atoms with E-state index in [0.717, 1.165) is 10.2 Å². The number of rotatable bonds is 6. The zero-order valence-corrected chi connectivity index (χ0v) is 14.3. The molecule has 4 nitrogen and oxygen atoms in total. The predicted octanol–water partition coefficient (Wildman–Crippen LogP) is 3.75. The van der Waals surface area contributed by atoms with Crippen molar-refractivity contribution in [1.82, 2.24) is 9.97 Å². The second-order valence-electron chi connectivity index (χ2n) is 4.82. The molecule has 1 aromatic carbocycles. The molecule has 0 radical (unpaired) electrons. The Morgan fingerprint density at radius 3 is 2.71 bits per heavy atom. The maximum atomic E-state index is 11.6. The van der Waals surface area contributed by atoms with Crippen molar-refractivity contribution in [2.24, 2.45) is 0 Å². The fourth-order valence-electron chi connectivity index (χ4n) is 1.61. The van der Waals surface area contributed by atoms with Crippen LogP contribution >= 0.6 is 27.7 Å². The molecule has 6 heteroatoms. The number of hydrogen-bond donors (Lipinski definition) is 1. The van der Waals surface area contributed by atoms with E-state index in [-0.39, 0.29) is 11.7 Å². The molecule has 0 saturated carbocycles. The van der Waals surface area contributed by atoms with Crippen LogP contribution in [0.2, 0.25) is 0 Å². The standard InChI is InChI=1S/C15H17BrN2O2S/c1-10(2)20-8-13-7-14(19)18-15(17-13)21-9-11-3-5-12(16)6-4-11/h3-7,10H,8-9H2,1-2H3,(H,17,18,19). The van der Waals surface area contributed by atoms with E-state index in [9.17, 15) is 4.79 Å². The Labute approximate surface area is 136 Å². The van der Waals surface area contributed by atoms with Gasteiger partial charge in [-0.2, -0.15) is 0 Å². The summed E-state index contributed by atoms with van der Waals surface area (Å²) in [5.74, 6) is 0.755. The van der Waals surface area contributed by atoms with Gasteiger partial charge in [0.2, 0.25) is 0 Å². The maximum absolute atomic E-state index is 11.6. The number of halogens is 1. The van der Waals surface area contributed by atoms with E-state index in [1.54, 1.807) is 0 Å². The summed E-state index contributed by atoms with van der Waals surface area (Å²) in [6, 6.07) is 9.56. The van der Waals surface area contributed by atoms with Crippen molar-refractivity contribution in [3.8, 4) is 0 Å². The number of nitrogens with one attached hydrogen (secondary N) is 1. The lowest BCUT2D eigenvalue weighted by atomic mass is 10.2. The van der Waals surface area contributed by atoms with Crippen LogP contribution < -0.4 is 5.56 Å². The SMILES string of the molecule is CC(C)OCc1cc(=O)[nH]c(SCc2ccc(Br)cc2)n1. The Hall–Kier alpha value is -1.11. The number of thioether (sulfide) groups is 1. The summed E-state index contributed by atoms with van der Waals surface area (Å²) in [7, 11) is 0. The number of benzene rings is 1. The number of ether oxygens (including phenoxy) is 1. The Balaban J connectivity index is 2.02. The highest BCUT2D eigenvalue weighted by atomic mass is 79.9. The molecular formula is C15H17BrN2O2S. The van der Waals surface area contributed by atoms with Crippen LogP contribution in [0, 0.1) is 0 Å². The van der Waals surface area contributed by atoms with Crippen molar-refractivity contribution in [1.29, 1.82) is 0 Å². The Kier molecular flexibility index (Phi) is 6.02. The molecule has 1 aromatic heterocycles. The molecule has 2 aromatic rings. The first-order valence-electron chi connectivity index (χ1n) is 6.62. The van der Waals surface area contributed by atoms with E-state index in [1.165, 1.54) is 23.4 Å². The van der Waals surface area contributed by atoms with Crippen LogP contribution in [0.25, 0.3) is 0 Å². The molecule has 1 N–H and O–H groups in total. The van der Waals surface area contributed by atoms with Gasteiger partial charge in [-0.1, -0.05) is 39.8 Å². The molecule has 0 fully saturated rings. The first kappa shape index (κ1) is 16.3. The molecule has 0 atom stereocenters. The highest BCUT2D eigenvalue weighted by Gasteiger charge is 2.04. The van der Waals surface area contributed by atoms with Crippen LogP contribution in [-0.4, -0.2) is 16.1 Å². The molecule has 1 heterocycles. The third-order valence-corrected chi connectivity index (χ3v) is 4.10. The lowest BCUT2D eigenvalue weighted by Gasteiger charge is -2.08. The Morgan fingerprint density at radius 2 is 2.05 bits per heavy atom. The van der Waals surface area contributed by atoms with Crippen molar-refractivity contribution in [2.45, 2.75) is 37.5 Å². The lowest BCUT2D eigenvalue weighted by molar-refractivity contribution is 0.0631. The van der Waals surface area contributed by atoms with E-state index < -0.39 is 0 Å². The zero-order valence-electron chi connectivity index (χ0n) is 11.9. The minimum atomic E-state index is -0.148. The lowest BCUT2D eigenvalue weighted by Crippen LogP contribution is -2.12. The molecule has 0 aliphatic rings. The monoisotopic (exact) mass is 368 g/mol. The summed E-state index contributed by atoms with van der Waals surface area (Å²) in [6.45, 7) is 4.26. The van der Waals surface area contributed by atoms with E-state index >= 15 is 0 Å². The fraction of sp³-hybridized carbons (Fsp3) is 0.333. The number of nitrogens with zero attached hydrogens (tertiary/aromatic N) is 1. The number of aromatic nitrogens is 2. The van der Waals surface area contributed by atoms with E-state index in [2.05, 4.69) is 25.9 Å². The summed E-state index contributed by atoms with van der Waals surface area (Å²) in [5, 5.41) is 0.618. The number of hydrogen-bond acceptors (Lipinski definition) is 4. The molecule has 112 valence electrons. The highest BCUT2D eigenvalue weighted by Crippen LogP contribution is 2.20. The summed E-state index contributed by atoms with van der Waals surface area (Å²) >= 11 is 4.91. The molecule has 2 rings (SSSR count). The quantitative estimate of drug-likeness (QED) is 0.623. The average Bonchev–Trinajstić information content (AvgIpc) is 2.44. The topological polar surface area (TPSA) is 55.0 Å². The van der Waals surface area contributed by atoms with Gasteiger partial charge in [-0.15, -0.1) is 0 Å². The van der Waals surface area contributed by atoms with E-state index in [4.69, 9.17) is 4.74 Å². The number of aromatic amines is 1. The van der Waals surface area contributed by atoms with Crippen LogP contribution in [0.1, 0.15) is 25.1 Å². The minimum absolute atomic E-state index is 0.116. The first-order valence-corrected chi connectivity index (χ1v) is 8.40. The predicted molar refractivity (Wildman–Crippen MR) is 88.5 cm³/mol. The summed E-state index contributed by atoms with van der Waals surface area (Å²) in [4.78, 5) is 18.8. The maximum Gasteiger partial charge on any atom is 0.251 e. The van der Waals surface area contributed by atoms with Gasteiger partial charge in [0, 0.05) is 16.3 Å². The minimum Gasteiger partial charge on any atom is -0.373 e. The van der Waals surface area contributed by atoms with Gasteiger partial charge in [0.05, 0.1) is 18.4 Å². The van der Waals surface area contributed by atoms with Gasteiger partial charge in [-0.3, -0.25) is 4.79 Å². The van der Waals surface area contributed by atoms with E-state index in [1.807, 2.05) is 38.1 Å². The average molecular weight is 369 g/mol. The normalized spacial score (nSPS) is 11.0. The van der Waals surface area contributed by atoms with Crippen molar-refractivity contribution in [3.63, 3.8) is 0 Å². The van der Waals surface area contributed by atoms with Crippen molar-refractivity contribution in [2.75, 3.05) is 0 Å². The molecule has 0 aliphatic carbocycles. The number of H-pyrrole nitrogens is 1. The van der Waals surface area contributed by atoms with Gasteiger partial charge in [0.15, 0.2) is 5.16 Å². The second-order valence-corrected chi connectivity index (χ2v) is 6.70. The van der Waals surface area contributed by atoms with Crippen LogP contribution in [0.5, 0.6) is 0 Å². The summed E-state index contributed by atoms with van der Waals surface area (Å²) in [6.07, 6.45) is 0.116. The smallest absolute Gasteiger partial charge is 0.251 e. The largest absolute Gasteiger partial charge is 0.373 e. The summed E-state index contributed by atoms with van der Waals surface area (Å²) in [5.41, 5.74) is 1.69. The molecule has 0 amide bonds.